The number of nitrogens with zero attached hydrogens (tertiary/aromatic N) is 2. The predicted octanol–water partition coefficient (Wildman–Crippen LogP) is 2.70. The van der Waals surface area contributed by atoms with Crippen molar-refractivity contribution < 1.29 is 9.47 Å². The zero-order valence-electron chi connectivity index (χ0n) is 11.1. The number of nitrogen functional groups attached to an aromatic ring is 1. The van der Waals surface area contributed by atoms with Crippen LogP contribution < -0.4 is 15.2 Å². The Hall–Kier alpha value is -1.44. The van der Waals surface area contributed by atoms with E-state index in [0.29, 0.717) is 5.82 Å². The smallest absolute Gasteiger partial charge is 0.135 e. The molecule has 0 amide bonds. The van der Waals surface area contributed by atoms with Gasteiger partial charge in [0.15, 0.2) is 0 Å². The lowest BCUT2D eigenvalue weighted by molar-refractivity contribution is 0.391. The summed E-state index contributed by atoms with van der Waals surface area (Å²) < 4.78 is 13.4. The maximum atomic E-state index is 6.02. The van der Waals surface area contributed by atoms with Gasteiger partial charge in [0.2, 0.25) is 0 Å². The van der Waals surface area contributed by atoms with E-state index in [2.05, 4.69) is 27.7 Å². The highest BCUT2D eigenvalue weighted by atomic mass is 127. The lowest BCUT2D eigenvalue weighted by atomic mass is 10.1. The van der Waals surface area contributed by atoms with Gasteiger partial charge in [0, 0.05) is 5.56 Å². The molecule has 1 unspecified atom stereocenters. The van der Waals surface area contributed by atoms with Crippen LogP contribution in [0.5, 0.6) is 11.5 Å². The molecule has 102 valence electrons. The number of benzene rings is 1. The Labute approximate surface area is 125 Å². The molecule has 0 aliphatic carbocycles. The van der Waals surface area contributed by atoms with Crippen LogP contribution in [0.1, 0.15) is 18.5 Å². The van der Waals surface area contributed by atoms with Crippen LogP contribution in [0.25, 0.3) is 0 Å². The molecule has 0 saturated heterocycles. The van der Waals surface area contributed by atoms with Gasteiger partial charge in [0.25, 0.3) is 0 Å². The summed E-state index contributed by atoms with van der Waals surface area (Å²) in [5, 5.41) is 4.31. The molecule has 0 saturated carbocycles. The molecule has 0 spiro atoms. The van der Waals surface area contributed by atoms with Crippen molar-refractivity contribution in [2.45, 2.75) is 13.0 Å². The van der Waals surface area contributed by atoms with Gasteiger partial charge >= 0.3 is 0 Å². The van der Waals surface area contributed by atoms with Crippen molar-refractivity contribution in [1.29, 1.82) is 0 Å². The summed E-state index contributed by atoms with van der Waals surface area (Å²) >= 11 is 2.17. The number of rotatable bonds is 4. The van der Waals surface area contributed by atoms with E-state index >= 15 is 0 Å². The van der Waals surface area contributed by atoms with Gasteiger partial charge in [-0.1, -0.05) is 0 Å². The van der Waals surface area contributed by atoms with Crippen LogP contribution in [-0.2, 0) is 0 Å². The topological polar surface area (TPSA) is 62.3 Å². The summed E-state index contributed by atoms with van der Waals surface area (Å²) in [6.07, 6.45) is 1.75. The average molecular weight is 373 g/mol. The average Bonchev–Trinajstić information content (AvgIpc) is 2.77. The molecule has 5 nitrogen and oxygen atoms in total. The summed E-state index contributed by atoms with van der Waals surface area (Å²) in [7, 11) is 3.29. The Bertz CT molecular complexity index is 583. The number of halogens is 1. The molecule has 0 radical (unpaired) electrons. The van der Waals surface area contributed by atoms with Crippen LogP contribution in [0.4, 0.5) is 5.82 Å². The van der Waals surface area contributed by atoms with Crippen molar-refractivity contribution in [3.8, 4) is 11.5 Å². The van der Waals surface area contributed by atoms with E-state index in [-0.39, 0.29) is 6.04 Å². The number of aromatic nitrogens is 2. The van der Waals surface area contributed by atoms with Crippen molar-refractivity contribution in [2.75, 3.05) is 20.0 Å². The number of hydrogen-bond donors (Lipinski definition) is 1. The molecule has 19 heavy (non-hydrogen) atoms. The second kappa shape index (κ2) is 5.68. The lowest BCUT2D eigenvalue weighted by Gasteiger charge is -2.18. The second-order valence-electron chi connectivity index (χ2n) is 4.11. The minimum Gasteiger partial charge on any atom is -0.497 e. The van der Waals surface area contributed by atoms with Gasteiger partial charge in [-0.25, -0.2) is 4.68 Å². The zero-order valence-corrected chi connectivity index (χ0v) is 13.2. The Balaban J connectivity index is 2.47. The van der Waals surface area contributed by atoms with Crippen molar-refractivity contribution >= 4 is 28.4 Å². The molecular weight excluding hydrogens is 357 g/mol. The first-order valence-corrected chi connectivity index (χ1v) is 6.86. The van der Waals surface area contributed by atoms with Gasteiger partial charge in [-0.3, -0.25) is 0 Å². The highest BCUT2D eigenvalue weighted by Gasteiger charge is 2.18. The van der Waals surface area contributed by atoms with Crippen molar-refractivity contribution in [2.24, 2.45) is 0 Å². The van der Waals surface area contributed by atoms with E-state index < -0.39 is 0 Å². The van der Waals surface area contributed by atoms with E-state index in [9.17, 15) is 0 Å². The lowest BCUT2D eigenvalue weighted by Crippen LogP contribution is -2.13. The standard InChI is InChI=1S/C13H16IN3O2/c1-8(17-13(15)11(14)7-16-17)10-6-9(18-2)4-5-12(10)19-3/h4-8H,15H2,1-3H3. The van der Waals surface area contributed by atoms with Crippen LogP contribution in [0.15, 0.2) is 24.4 Å². The van der Waals surface area contributed by atoms with E-state index in [0.717, 1.165) is 20.6 Å². The number of anilines is 1. The second-order valence-corrected chi connectivity index (χ2v) is 5.27. The largest absolute Gasteiger partial charge is 0.497 e. The SMILES string of the molecule is COc1ccc(OC)c(C(C)n2ncc(I)c2N)c1. The fourth-order valence-electron chi connectivity index (χ4n) is 1.96. The third kappa shape index (κ3) is 2.63. The fraction of sp³-hybridized carbons (Fsp3) is 0.308. The number of methoxy groups -OCH3 is 2. The fourth-order valence-corrected chi connectivity index (χ4v) is 2.33. The van der Waals surface area contributed by atoms with Gasteiger partial charge in [-0.05, 0) is 47.7 Å². The minimum absolute atomic E-state index is 0.0337. The molecule has 1 atom stereocenters. The van der Waals surface area contributed by atoms with E-state index in [1.165, 1.54) is 0 Å². The first-order chi connectivity index (χ1) is 9.08. The Kier molecular flexibility index (Phi) is 4.18. The summed E-state index contributed by atoms with van der Waals surface area (Å²) in [5.41, 5.74) is 7.00. The van der Waals surface area contributed by atoms with Crippen LogP contribution in [0.3, 0.4) is 0 Å². The van der Waals surface area contributed by atoms with Gasteiger partial charge < -0.3 is 15.2 Å². The number of nitrogens with two attached hydrogens (primary N) is 1. The molecule has 1 heterocycles. The van der Waals surface area contributed by atoms with Crippen LogP contribution in [0, 0.1) is 3.57 Å². The van der Waals surface area contributed by atoms with Crippen molar-refractivity contribution in [1.82, 2.24) is 9.78 Å². The zero-order chi connectivity index (χ0) is 14.0. The number of hydrogen-bond acceptors (Lipinski definition) is 4. The molecule has 0 aliphatic heterocycles. The van der Waals surface area contributed by atoms with Gasteiger partial charge in [-0.2, -0.15) is 5.10 Å². The Morgan fingerprint density at radius 2 is 2.05 bits per heavy atom. The van der Waals surface area contributed by atoms with Crippen molar-refractivity contribution in [3.05, 3.63) is 33.5 Å². The molecular formula is C13H16IN3O2. The quantitative estimate of drug-likeness (QED) is 0.838. The maximum absolute atomic E-state index is 6.02. The maximum Gasteiger partial charge on any atom is 0.135 e. The molecule has 1 aromatic carbocycles. The molecule has 0 fully saturated rings. The van der Waals surface area contributed by atoms with E-state index in [1.54, 1.807) is 25.1 Å². The summed E-state index contributed by atoms with van der Waals surface area (Å²) in [6, 6.07) is 5.66. The molecule has 2 N–H and O–H groups in total. The van der Waals surface area contributed by atoms with Gasteiger partial charge in [0.05, 0.1) is 30.0 Å². The molecule has 2 aromatic rings. The summed E-state index contributed by atoms with van der Waals surface area (Å²) in [6.45, 7) is 2.02. The molecule has 6 heteroatoms. The first kappa shape index (κ1) is 14.0. The van der Waals surface area contributed by atoms with Crippen molar-refractivity contribution in [3.63, 3.8) is 0 Å². The molecule has 1 aromatic heterocycles. The van der Waals surface area contributed by atoms with Crippen LogP contribution in [-0.4, -0.2) is 24.0 Å². The van der Waals surface area contributed by atoms with E-state index in [1.807, 2.05) is 25.1 Å². The third-order valence-electron chi connectivity index (χ3n) is 3.04. The molecule has 0 aliphatic rings. The highest BCUT2D eigenvalue weighted by Crippen LogP contribution is 2.32. The van der Waals surface area contributed by atoms with Crippen LogP contribution >= 0.6 is 22.6 Å². The highest BCUT2D eigenvalue weighted by molar-refractivity contribution is 14.1. The third-order valence-corrected chi connectivity index (χ3v) is 3.87. The molecule has 0 bridgehead atoms. The normalized spacial score (nSPS) is 12.2. The monoisotopic (exact) mass is 373 g/mol. The minimum atomic E-state index is -0.0337. The van der Waals surface area contributed by atoms with Crippen LogP contribution in [0.2, 0.25) is 0 Å². The Morgan fingerprint density at radius 1 is 1.32 bits per heavy atom. The summed E-state index contributed by atoms with van der Waals surface area (Å²) in [5.74, 6) is 2.22. The number of ether oxygens (including phenoxy) is 2. The van der Waals surface area contributed by atoms with Gasteiger partial charge in [0.1, 0.15) is 17.3 Å². The Morgan fingerprint density at radius 3 is 2.58 bits per heavy atom. The first-order valence-electron chi connectivity index (χ1n) is 5.79. The van der Waals surface area contributed by atoms with Gasteiger partial charge in [-0.15, -0.1) is 0 Å². The van der Waals surface area contributed by atoms with E-state index in [4.69, 9.17) is 15.2 Å². The summed E-state index contributed by atoms with van der Waals surface area (Å²) in [4.78, 5) is 0. The molecule has 2 rings (SSSR count). The predicted molar refractivity (Wildman–Crippen MR) is 82.7 cm³/mol.